The second kappa shape index (κ2) is 5.38. The summed E-state index contributed by atoms with van der Waals surface area (Å²) < 4.78 is 28.3. The Kier molecular flexibility index (Phi) is 4.17. The first-order chi connectivity index (χ1) is 8.85. The number of rotatable bonds is 4. The fourth-order valence-electron chi connectivity index (χ4n) is 2.94. The van der Waals surface area contributed by atoms with E-state index in [0.717, 1.165) is 6.42 Å². The lowest BCUT2D eigenvalue weighted by Gasteiger charge is -2.37. The van der Waals surface area contributed by atoms with Crippen molar-refractivity contribution in [3.05, 3.63) is 0 Å². The lowest BCUT2D eigenvalue weighted by molar-refractivity contribution is -0.159. The zero-order valence-corrected chi connectivity index (χ0v) is 12.0. The van der Waals surface area contributed by atoms with Crippen molar-refractivity contribution in [3.8, 4) is 0 Å². The molecule has 0 saturated carbocycles. The van der Waals surface area contributed by atoms with Crippen LogP contribution in [0.5, 0.6) is 0 Å². The molecular weight excluding hydrogens is 270 g/mol. The number of hydrogen-bond acceptors (Lipinski definition) is 5. The molecule has 1 N–H and O–H groups in total. The highest BCUT2D eigenvalue weighted by Crippen LogP contribution is 2.31. The molecule has 2 aliphatic heterocycles. The van der Waals surface area contributed by atoms with Crippen molar-refractivity contribution in [1.29, 1.82) is 0 Å². The van der Waals surface area contributed by atoms with Crippen molar-refractivity contribution in [1.82, 2.24) is 4.90 Å². The average molecular weight is 291 g/mol. The molecule has 0 spiro atoms. The molecule has 7 heteroatoms. The Bertz CT molecular complexity index is 441. The molecule has 0 radical (unpaired) electrons. The van der Waals surface area contributed by atoms with Crippen LogP contribution in [0.2, 0.25) is 0 Å². The molecule has 2 saturated heterocycles. The van der Waals surface area contributed by atoms with Crippen LogP contribution in [0.15, 0.2) is 0 Å². The van der Waals surface area contributed by atoms with Gasteiger partial charge in [0.1, 0.15) is 5.41 Å². The summed E-state index contributed by atoms with van der Waals surface area (Å²) in [7, 11) is -1.13. The van der Waals surface area contributed by atoms with Crippen LogP contribution in [-0.2, 0) is 19.4 Å². The number of ether oxygens (including phenoxy) is 1. The predicted octanol–water partition coefficient (Wildman–Crippen LogP) is -0.0133. The SMILES string of the molecule is CN(CC1(C(=O)O)CCCOC1)C1CCS(=O)(=O)C1. The Morgan fingerprint density at radius 3 is 2.74 bits per heavy atom. The van der Waals surface area contributed by atoms with E-state index in [9.17, 15) is 18.3 Å². The maximum atomic E-state index is 11.5. The largest absolute Gasteiger partial charge is 0.481 e. The highest BCUT2D eigenvalue weighted by Gasteiger charge is 2.43. The van der Waals surface area contributed by atoms with Crippen LogP contribution in [-0.4, -0.2) is 68.7 Å². The maximum absolute atomic E-state index is 11.5. The molecule has 2 unspecified atom stereocenters. The quantitative estimate of drug-likeness (QED) is 0.784. The molecule has 0 aromatic carbocycles. The van der Waals surface area contributed by atoms with Gasteiger partial charge in [-0.1, -0.05) is 0 Å². The molecule has 0 aromatic heterocycles. The van der Waals surface area contributed by atoms with E-state index in [1.807, 2.05) is 11.9 Å². The van der Waals surface area contributed by atoms with Crippen molar-refractivity contribution < 1.29 is 23.1 Å². The Balaban J connectivity index is 2.03. The van der Waals surface area contributed by atoms with Gasteiger partial charge in [-0.2, -0.15) is 0 Å². The third-order valence-electron chi connectivity index (χ3n) is 4.16. The summed E-state index contributed by atoms with van der Waals surface area (Å²) in [6.07, 6.45) is 1.92. The van der Waals surface area contributed by atoms with E-state index < -0.39 is 21.2 Å². The lowest BCUT2D eigenvalue weighted by Crippen LogP contribution is -2.50. The van der Waals surface area contributed by atoms with E-state index >= 15 is 0 Å². The van der Waals surface area contributed by atoms with Crippen LogP contribution in [0.1, 0.15) is 19.3 Å². The van der Waals surface area contributed by atoms with Gasteiger partial charge in [-0.05, 0) is 26.3 Å². The van der Waals surface area contributed by atoms with Gasteiger partial charge in [0.25, 0.3) is 0 Å². The molecule has 0 aromatic rings. The smallest absolute Gasteiger partial charge is 0.313 e. The second-order valence-corrected chi connectivity index (χ2v) is 7.94. The number of carboxylic acids is 1. The fraction of sp³-hybridized carbons (Fsp3) is 0.917. The third-order valence-corrected chi connectivity index (χ3v) is 5.91. The highest BCUT2D eigenvalue weighted by atomic mass is 32.2. The van der Waals surface area contributed by atoms with E-state index in [2.05, 4.69) is 0 Å². The summed E-state index contributed by atoms with van der Waals surface area (Å²) in [5.74, 6) is -0.501. The predicted molar refractivity (Wildman–Crippen MR) is 69.8 cm³/mol. The molecule has 19 heavy (non-hydrogen) atoms. The average Bonchev–Trinajstić information content (AvgIpc) is 2.71. The van der Waals surface area contributed by atoms with Crippen LogP contribution in [0.25, 0.3) is 0 Å². The number of aliphatic carboxylic acids is 1. The summed E-state index contributed by atoms with van der Waals surface area (Å²) >= 11 is 0. The van der Waals surface area contributed by atoms with E-state index in [1.54, 1.807) is 0 Å². The summed E-state index contributed by atoms with van der Waals surface area (Å²) in [4.78, 5) is 13.4. The van der Waals surface area contributed by atoms with E-state index in [-0.39, 0.29) is 24.2 Å². The van der Waals surface area contributed by atoms with Crippen LogP contribution < -0.4 is 0 Å². The molecule has 2 atom stereocenters. The molecule has 6 nitrogen and oxygen atoms in total. The zero-order chi connectivity index (χ0) is 14.1. The minimum atomic E-state index is -2.94. The number of carbonyl (C=O) groups is 1. The summed E-state index contributed by atoms with van der Waals surface area (Å²) in [5.41, 5.74) is -0.890. The zero-order valence-electron chi connectivity index (χ0n) is 11.2. The molecular formula is C12H21NO5S. The van der Waals surface area contributed by atoms with Crippen LogP contribution in [0.4, 0.5) is 0 Å². The van der Waals surface area contributed by atoms with Crippen molar-refractivity contribution in [2.24, 2.45) is 5.41 Å². The van der Waals surface area contributed by atoms with Gasteiger partial charge >= 0.3 is 5.97 Å². The van der Waals surface area contributed by atoms with Gasteiger partial charge in [-0.25, -0.2) is 8.42 Å². The Hall–Kier alpha value is -0.660. The minimum absolute atomic E-state index is 0.0665. The topological polar surface area (TPSA) is 83.9 Å². The van der Waals surface area contributed by atoms with Crippen molar-refractivity contribution in [3.63, 3.8) is 0 Å². The van der Waals surface area contributed by atoms with Gasteiger partial charge in [-0.15, -0.1) is 0 Å². The summed E-state index contributed by atoms with van der Waals surface area (Å²) in [6, 6.07) is -0.0665. The van der Waals surface area contributed by atoms with Gasteiger partial charge in [0.05, 0.1) is 18.1 Å². The molecule has 2 fully saturated rings. The molecule has 2 heterocycles. The molecule has 0 amide bonds. The first-order valence-corrected chi connectivity index (χ1v) is 8.39. The lowest BCUT2D eigenvalue weighted by atomic mass is 9.82. The number of hydrogen-bond donors (Lipinski definition) is 1. The molecule has 0 aliphatic carbocycles. The summed E-state index contributed by atoms with van der Waals surface area (Å²) in [5, 5.41) is 9.46. The number of nitrogens with zero attached hydrogens (tertiary/aromatic N) is 1. The van der Waals surface area contributed by atoms with Crippen molar-refractivity contribution in [2.75, 3.05) is 38.3 Å². The van der Waals surface area contributed by atoms with Crippen LogP contribution in [0.3, 0.4) is 0 Å². The third kappa shape index (κ3) is 3.27. The fourth-order valence-corrected chi connectivity index (χ4v) is 4.75. The molecule has 110 valence electrons. The van der Waals surface area contributed by atoms with Gasteiger partial charge in [0, 0.05) is 19.2 Å². The second-order valence-electron chi connectivity index (χ2n) is 5.71. The van der Waals surface area contributed by atoms with Gasteiger partial charge in [0.15, 0.2) is 9.84 Å². The van der Waals surface area contributed by atoms with E-state index in [4.69, 9.17) is 4.74 Å². The van der Waals surface area contributed by atoms with E-state index in [1.165, 1.54) is 0 Å². The standard InChI is InChI=1S/C12H21NO5S/c1-13(10-3-6-19(16,17)7-10)8-12(11(14)15)4-2-5-18-9-12/h10H,2-9H2,1H3,(H,14,15). The molecule has 2 aliphatic rings. The van der Waals surface area contributed by atoms with Gasteiger partial charge < -0.3 is 14.7 Å². The first-order valence-electron chi connectivity index (χ1n) is 6.56. The Morgan fingerprint density at radius 2 is 2.26 bits per heavy atom. The van der Waals surface area contributed by atoms with Crippen molar-refractivity contribution >= 4 is 15.8 Å². The van der Waals surface area contributed by atoms with Crippen molar-refractivity contribution in [2.45, 2.75) is 25.3 Å². The Labute approximate surface area is 113 Å². The van der Waals surface area contributed by atoms with Gasteiger partial charge in [0.2, 0.25) is 0 Å². The molecule has 0 bridgehead atoms. The van der Waals surface area contributed by atoms with E-state index in [0.29, 0.717) is 26.0 Å². The summed E-state index contributed by atoms with van der Waals surface area (Å²) in [6.45, 7) is 1.17. The molecule has 2 rings (SSSR count). The Morgan fingerprint density at radius 1 is 1.53 bits per heavy atom. The van der Waals surface area contributed by atoms with Crippen LogP contribution >= 0.6 is 0 Å². The minimum Gasteiger partial charge on any atom is -0.481 e. The highest BCUT2D eigenvalue weighted by molar-refractivity contribution is 7.91. The number of sulfone groups is 1. The first kappa shape index (κ1) is 14.7. The monoisotopic (exact) mass is 291 g/mol. The maximum Gasteiger partial charge on any atom is 0.313 e. The van der Waals surface area contributed by atoms with Crippen LogP contribution in [0, 0.1) is 5.41 Å². The normalized spacial score (nSPS) is 34.5. The van der Waals surface area contributed by atoms with Gasteiger partial charge in [-0.3, -0.25) is 4.79 Å². The number of carboxylic acid groups (broad SMARTS) is 1.